The minimum absolute atomic E-state index is 0.0712. The van der Waals surface area contributed by atoms with E-state index in [9.17, 15) is 9.59 Å². The minimum atomic E-state index is -0.886. The van der Waals surface area contributed by atoms with Gasteiger partial charge in [0.25, 0.3) is 0 Å². The molecular formula is C12H22N2O3. The van der Waals surface area contributed by atoms with E-state index >= 15 is 0 Å². The minimum Gasteiger partial charge on any atom is -0.481 e. The van der Waals surface area contributed by atoms with Gasteiger partial charge < -0.3 is 15.7 Å². The largest absolute Gasteiger partial charge is 0.481 e. The van der Waals surface area contributed by atoms with Crippen LogP contribution in [0.15, 0.2) is 0 Å². The third-order valence-electron chi connectivity index (χ3n) is 3.78. The van der Waals surface area contributed by atoms with Crippen LogP contribution in [0.25, 0.3) is 0 Å². The first-order valence-electron chi connectivity index (χ1n) is 6.22. The van der Waals surface area contributed by atoms with Crippen molar-refractivity contribution in [3.05, 3.63) is 0 Å². The van der Waals surface area contributed by atoms with E-state index in [4.69, 9.17) is 5.11 Å². The second-order valence-corrected chi connectivity index (χ2v) is 4.86. The van der Waals surface area contributed by atoms with Crippen molar-refractivity contribution >= 4 is 11.9 Å². The highest BCUT2D eigenvalue weighted by molar-refractivity contribution is 5.87. The van der Waals surface area contributed by atoms with E-state index in [-0.39, 0.29) is 11.9 Å². The molecule has 0 aromatic heterocycles. The smallest absolute Gasteiger partial charge is 0.308 e. The van der Waals surface area contributed by atoms with Gasteiger partial charge >= 0.3 is 5.97 Å². The molecule has 1 amide bonds. The summed E-state index contributed by atoms with van der Waals surface area (Å²) in [6.07, 6.45) is 2.54. The Labute approximate surface area is 102 Å². The summed E-state index contributed by atoms with van der Waals surface area (Å²) in [6, 6.07) is -0.356. The number of aliphatic carboxylic acids is 1. The molecule has 0 bridgehead atoms. The van der Waals surface area contributed by atoms with Crippen LogP contribution in [0.5, 0.6) is 0 Å². The van der Waals surface area contributed by atoms with Crippen LogP contribution in [-0.4, -0.2) is 35.1 Å². The Morgan fingerprint density at radius 2 is 2.12 bits per heavy atom. The van der Waals surface area contributed by atoms with E-state index in [1.807, 2.05) is 6.92 Å². The van der Waals surface area contributed by atoms with Crippen molar-refractivity contribution in [1.29, 1.82) is 0 Å². The zero-order valence-corrected chi connectivity index (χ0v) is 10.7. The number of amides is 1. The predicted octanol–water partition coefficient (Wildman–Crippen LogP) is 0.744. The Morgan fingerprint density at radius 1 is 1.47 bits per heavy atom. The van der Waals surface area contributed by atoms with Crippen LogP contribution in [0.3, 0.4) is 0 Å². The molecule has 98 valence electrons. The summed E-state index contributed by atoms with van der Waals surface area (Å²) in [5.74, 6) is -1.53. The number of nitrogens with one attached hydrogen (secondary N) is 2. The van der Waals surface area contributed by atoms with E-state index in [0.29, 0.717) is 0 Å². The van der Waals surface area contributed by atoms with Gasteiger partial charge in [-0.3, -0.25) is 9.59 Å². The van der Waals surface area contributed by atoms with Gasteiger partial charge in [0.1, 0.15) is 0 Å². The van der Waals surface area contributed by atoms with Crippen LogP contribution in [0, 0.1) is 5.92 Å². The van der Waals surface area contributed by atoms with Crippen LogP contribution >= 0.6 is 0 Å². The number of rotatable bonds is 5. The molecule has 3 N–H and O–H groups in total. The lowest BCUT2D eigenvalue weighted by Crippen LogP contribution is -2.56. The van der Waals surface area contributed by atoms with Crippen LogP contribution in [0.4, 0.5) is 0 Å². The first kappa shape index (κ1) is 14.0. The van der Waals surface area contributed by atoms with Crippen molar-refractivity contribution in [3.8, 4) is 0 Å². The molecule has 1 aliphatic rings. The Balaban J connectivity index is 2.62. The summed E-state index contributed by atoms with van der Waals surface area (Å²) in [5, 5.41) is 14.9. The number of carbonyl (C=O) groups is 2. The molecular weight excluding hydrogens is 220 g/mol. The molecule has 0 aromatic carbocycles. The van der Waals surface area contributed by atoms with E-state index in [0.717, 1.165) is 25.8 Å². The number of hydrogen-bond donors (Lipinski definition) is 3. The zero-order chi connectivity index (χ0) is 13.1. The number of carboxylic acid groups (broad SMARTS) is 1. The second-order valence-electron chi connectivity index (χ2n) is 4.86. The van der Waals surface area contributed by atoms with Crippen LogP contribution in [0.2, 0.25) is 0 Å². The van der Waals surface area contributed by atoms with Crippen LogP contribution < -0.4 is 10.6 Å². The van der Waals surface area contributed by atoms with E-state index < -0.39 is 17.4 Å². The maximum Gasteiger partial charge on any atom is 0.308 e. The van der Waals surface area contributed by atoms with E-state index in [1.54, 1.807) is 13.8 Å². The first-order valence-corrected chi connectivity index (χ1v) is 6.22. The summed E-state index contributed by atoms with van der Waals surface area (Å²) in [4.78, 5) is 23.0. The van der Waals surface area contributed by atoms with Crippen molar-refractivity contribution in [2.75, 3.05) is 6.54 Å². The highest BCUT2D eigenvalue weighted by atomic mass is 16.4. The normalized spacial score (nSPS) is 27.5. The Bertz CT molecular complexity index is 298. The van der Waals surface area contributed by atoms with Gasteiger partial charge in [0.05, 0.1) is 11.5 Å². The maximum atomic E-state index is 12.2. The molecule has 1 fully saturated rings. The molecule has 0 radical (unpaired) electrons. The maximum absolute atomic E-state index is 12.2. The van der Waals surface area contributed by atoms with Gasteiger partial charge in [-0.25, -0.2) is 0 Å². The third kappa shape index (κ3) is 2.97. The Hall–Kier alpha value is -1.10. The quantitative estimate of drug-likeness (QED) is 0.664. The zero-order valence-electron chi connectivity index (χ0n) is 10.7. The molecule has 1 rings (SSSR count). The molecule has 3 unspecified atom stereocenters. The van der Waals surface area contributed by atoms with Crippen molar-refractivity contribution in [2.24, 2.45) is 5.92 Å². The molecule has 5 nitrogen and oxygen atoms in total. The topological polar surface area (TPSA) is 78.4 Å². The first-order chi connectivity index (χ1) is 7.93. The average Bonchev–Trinajstić information content (AvgIpc) is 2.77. The average molecular weight is 242 g/mol. The molecule has 1 aliphatic heterocycles. The highest BCUT2D eigenvalue weighted by Crippen LogP contribution is 2.23. The van der Waals surface area contributed by atoms with Gasteiger partial charge in [-0.15, -0.1) is 0 Å². The fraction of sp³-hybridized carbons (Fsp3) is 0.833. The fourth-order valence-corrected chi connectivity index (χ4v) is 2.15. The summed E-state index contributed by atoms with van der Waals surface area (Å²) < 4.78 is 0. The molecule has 0 aliphatic carbocycles. The molecule has 3 atom stereocenters. The Kier molecular flexibility index (Phi) is 4.51. The van der Waals surface area contributed by atoms with E-state index in [2.05, 4.69) is 10.6 Å². The Morgan fingerprint density at radius 3 is 2.53 bits per heavy atom. The number of carbonyl (C=O) groups excluding carboxylic acids is 1. The van der Waals surface area contributed by atoms with Gasteiger partial charge in [-0.2, -0.15) is 0 Å². The van der Waals surface area contributed by atoms with Gasteiger partial charge in [0.15, 0.2) is 0 Å². The van der Waals surface area contributed by atoms with Gasteiger partial charge in [-0.1, -0.05) is 6.92 Å². The highest BCUT2D eigenvalue weighted by Gasteiger charge is 2.40. The number of hydrogen-bond acceptors (Lipinski definition) is 3. The number of carboxylic acids is 1. The van der Waals surface area contributed by atoms with Crippen molar-refractivity contribution in [3.63, 3.8) is 0 Å². The van der Waals surface area contributed by atoms with Crippen molar-refractivity contribution in [2.45, 2.75) is 51.6 Å². The molecule has 0 spiro atoms. The van der Waals surface area contributed by atoms with Gasteiger partial charge in [0, 0.05) is 6.04 Å². The lowest BCUT2D eigenvalue weighted by Gasteiger charge is -2.29. The van der Waals surface area contributed by atoms with E-state index in [1.165, 1.54) is 0 Å². The lowest BCUT2D eigenvalue weighted by atomic mass is 9.92. The monoisotopic (exact) mass is 242 g/mol. The third-order valence-corrected chi connectivity index (χ3v) is 3.78. The molecule has 1 heterocycles. The molecule has 0 aromatic rings. The second kappa shape index (κ2) is 5.49. The van der Waals surface area contributed by atoms with Crippen LogP contribution in [0.1, 0.15) is 40.0 Å². The molecule has 1 saturated heterocycles. The SMILES string of the molecule is CCC1(C(=O)NC(C)C(C)C(=O)O)CCCN1. The summed E-state index contributed by atoms with van der Waals surface area (Å²) >= 11 is 0. The van der Waals surface area contributed by atoms with Gasteiger partial charge in [0.2, 0.25) is 5.91 Å². The van der Waals surface area contributed by atoms with Gasteiger partial charge in [-0.05, 0) is 39.7 Å². The summed E-state index contributed by atoms with van der Waals surface area (Å²) in [6.45, 7) is 6.16. The molecule has 17 heavy (non-hydrogen) atoms. The van der Waals surface area contributed by atoms with Crippen LogP contribution in [-0.2, 0) is 9.59 Å². The van der Waals surface area contributed by atoms with Crippen molar-refractivity contribution < 1.29 is 14.7 Å². The summed E-state index contributed by atoms with van der Waals surface area (Å²) in [5.41, 5.74) is -0.494. The predicted molar refractivity (Wildman–Crippen MR) is 64.7 cm³/mol. The standard InChI is InChI=1S/C12H22N2O3/c1-4-12(6-5-7-13-12)11(17)14-9(3)8(2)10(15)16/h8-9,13H,4-7H2,1-3H3,(H,14,17)(H,15,16). The van der Waals surface area contributed by atoms with Crippen molar-refractivity contribution in [1.82, 2.24) is 10.6 Å². The molecule has 5 heteroatoms. The lowest BCUT2D eigenvalue weighted by molar-refractivity contribution is -0.142. The summed E-state index contributed by atoms with van der Waals surface area (Å²) in [7, 11) is 0. The fourth-order valence-electron chi connectivity index (χ4n) is 2.15. The molecule has 0 saturated carbocycles.